The second-order valence-electron chi connectivity index (χ2n) is 8.73. The molecule has 0 spiro atoms. The topological polar surface area (TPSA) is 123 Å². The minimum absolute atomic E-state index is 0.0698. The third-order valence-electron chi connectivity index (χ3n) is 6.10. The van der Waals surface area contributed by atoms with Gasteiger partial charge in [-0.25, -0.2) is 0 Å². The Labute approximate surface area is 211 Å². The number of carbonyl (C=O) groups is 3. The predicted octanol–water partition coefficient (Wildman–Crippen LogP) is 3.00. The van der Waals surface area contributed by atoms with Crippen molar-refractivity contribution < 1.29 is 23.9 Å². The Hall–Kier alpha value is -3.99. The van der Waals surface area contributed by atoms with Crippen LogP contribution in [-0.2, 0) is 11.3 Å². The van der Waals surface area contributed by atoms with Crippen molar-refractivity contribution in [1.82, 2.24) is 20.4 Å². The first kappa shape index (κ1) is 23.7. The van der Waals surface area contributed by atoms with Crippen molar-refractivity contribution in [3.8, 4) is 11.5 Å². The average Bonchev–Trinajstić information content (AvgIpc) is 3.58. The van der Waals surface area contributed by atoms with E-state index in [0.717, 1.165) is 22.5 Å². The molecule has 1 aromatic heterocycles. The smallest absolute Gasteiger partial charge is 0.286 e. The molecular weight excluding hydrogens is 482 g/mol. The Morgan fingerprint density at radius 1 is 1.06 bits per heavy atom. The van der Waals surface area contributed by atoms with Crippen molar-refractivity contribution in [1.29, 1.82) is 0 Å². The molecule has 0 unspecified atom stereocenters. The van der Waals surface area contributed by atoms with Gasteiger partial charge in [-0.1, -0.05) is 41.2 Å². The molecule has 1 atom stereocenters. The lowest BCUT2D eigenvalue weighted by molar-refractivity contribution is -0.126. The molecule has 0 saturated carbocycles. The summed E-state index contributed by atoms with van der Waals surface area (Å²) in [6, 6.07) is 13.0. The number of hydrogen-bond donors (Lipinski definition) is 2. The molecule has 0 bridgehead atoms. The van der Waals surface area contributed by atoms with Crippen LogP contribution in [0.25, 0.3) is 0 Å². The normalized spacial score (nSPS) is 16.5. The van der Waals surface area contributed by atoms with Gasteiger partial charge in [0.1, 0.15) is 0 Å². The molecule has 1 saturated heterocycles. The van der Waals surface area contributed by atoms with E-state index in [9.17, 15) is 14.4 Å². The molecule has 3 heterocycles. The largest absolute Gasteiger partial charge is 0.454 e. The van der Waals surface area contributed by atoms with Gasteiger partial charge in [0.05, 0.1) is 5.92 Å². The maximum absolute atomic E-state index is 13.0. The number of nitrogens with zero attached hydrogens (tertiary/aromatic N) is 3. The third-order valence-corrected chi connectivity index (χ3v) is 7.01. The number of hydrogen-bond acceptors (Lipinski definition) is 8. The van der Waals surface area contributed by atoms with Crippen LogP contribution in [0.4, 0.5) is 5.69 Å². The summed E-state index contributed by atoms with van der Waals surface area (Å²) in [6.07, 6.45) is 1.42. The summed E-state index contributed by atoms with van der Waals surface area (Å²) in [5.41, 5.74) is 2.71. The van der Waals surface area contributed by atoms with E-state index in [-0.39, 0.29) is 34.5 Å². The molecule has 11 heteroatoms. The van der Waals surface area contributed by atoms with Crippen molar-refractivity contribution in [2.75, 3.05) is 25.2 Å². The number of carbonyl (C=O) groups excluding carboxylic acids is 3. The number of fused-ring (bicyclic) bond motifs is 1. The zero-order valence-electron chi connectivity index (χ0n) is 19.7. The summed E-state index contributed by atoms with van der Waals surface area (Å²) in [6.45, 7) is 3.43. The van der Waals surface area contributed by atoms with Gasteiger partial charge >= 0.3 is 0 Å². The van der Waals surface area contributed by atoms with Gasteiger partial charge in [-0.05, 0) is 37.5 Å². The summed E-state index contributed by atoms with van der Waals surface area (Å²) in [5, 5.41) is 13.7. The number of aromatic nitrogens is 2. The number of nitrogens with one attached hydrogen (secondary N) is 2. The summed E-state index contributed by atoms with van der Waals surface area (Å²) in [4.78, 5) is 40.0. The molecule has 36 heavy (non-hydrogen) atoms. The summed E-state index contributed by atoms with van der Waals surface area (Å²) in [7, 11) is 0. The minimum Gasteiger partial charge on any atom is -0.454 e. The summed E-state index contributed by atoms with van der Waals surface area (Å²) in [5.74, 6) is -0.0176. The number of ether oxygens (including phenoxy) is 2. The molecular formula is C25H25N5O5S. The maximum Gasteiger partial charge on any atom is 0.286 e. The van der Waals surface area contributed by atoms with Gasteiger partial charge in [-0.2, -0.15) is 0 Å². The van der Waals surface area contributed by atoms with E-state index in [1.54, 1.807) is 23.1 Å². The van der Waals surface area contributed by atoms with Crippen LogP contribution in [0.2, 0.25) is 0 Å². The number of aryl methyl sites for hydroxylation is 1. The number of benzene rings is 2. The molecule has 0 radical (unpaired) electrons. The van der Waals surface area contributed by atoms with Crippen LogP contribution in [0.15, 0.2) is 42.5 Å². The number of rotatable bonds is 6. The zero-order chi connectivity index (χ0) is 25.1. The molecule has 5 rings (SSSR count). The highest BCUT2D eigenvalue weighted by Crippen LogP contribution is 2.34. The Kier molecular flexibility index (Phi) is 6.81. The first-order valence-corrected chi connectivity index (χ1v) is 12.4. The van der Waals surface area contributed by atoms with Gasteiger partial charge in [0, 0.05) is 31.4 Å². The van der Waals surface area contributed by atoms with Crippen LogP contribution in [0.3, 0.4) is 0 Å². The molecule has 2 aromatic carbocycles. The van der Waals surface area contributed by atoms with Crippen molar-refractivity contribution in [3.05, 3.63) is 63.6 Å². The first-order chi connectivity index (χ1) is 17.5. The lowest BCUT2D eigenvalue weighted by Gasteiger charge is -2.31. The second-order valence-corrected chi connectivity index (χ2v) is 9.71. The minimum atomic E-state index is -0.475. The Morgan fingerprint density at radius 2 is 1.83 bits per heavy atom. The quantitative estimate of drug-likeness (QED) is 0.526. The van der Waals surface area contributed by atoms with Gasteiger partial charge in [0.2, 0.25) is 22.7 Å². The Balaban J connectivity index is 1.17. The lowest BCUT2D eigenvalue weighted by atomic mass is 9.97. The van der Waals surface area contributed by atoms with Crippen LogP contribution < -0.4 is 20.1 Å². The highest BCUT2D eigenvalue weighted by atomic mass is 32.1. The maximum atomic E-state index is 13.0. The highest BCUT2D eigenvalue weighted by molar-refractivity contribution is 7.15. The van der Waals surface area contributed by atoms with Crippen molar-refractivity contribution >= 4 is 34.7 Å². The van der Waals surface area contributed by atoms with Crippen molar-refractivity contribution in [2.45, 2.75) is 26.3 Å². The van der Waals surface area contributed by atoms with E-state index in [1.165, 1.54) is 0 Å². The van der Waals surface area contributed by atoms with Gasteiger partial charge in [0.25, 0.3) is 11.8 Å². The van der Waals surface area contributed by atoms with E-state index < -0.39 is 5.91 Å². The van der Waals surface area contributed by atoms with E-state index in [2.05, 4.69) is 20.8 Å². The second kappa shape index (κ2) is 10.3. The highest BCUT2D eigenvalue weighted by Gasteiger charge is 2.31. The number of anilines is 1. The summed E-state index contributed by atoms with van der Waals surface area (Å²) >= 11 is 0.924. The Bertz CT molecular complexity index is 1290. The predicted molar refractivity (Wildman–Crippen MR) is 132 cm³/mol. The fraction of sp³-hybridized carbons (Fsp3) is 0.320. The molecule has 10 nitrogen and oxygen atoms in total. The fourth-order valence-corrected chi connectivity index (χ4v) is 4.82. The number of piperidine rings is 1. The molecule has 1 fully saturated rings. The molecule has 2 aliphatic heterocycles. The molecule has 0 aliphatic carbocycles. The van der Waals surface area contributed by atoms with Crippen molar-refractivity contribution in [3.63, 3.8) is 0 Å². The average molecular weight is 508 g/mol. The number of likely N-dealkylation sites (tertiary alicyclic amines) is 1. The van der Waals surface area contributed by atoms with Crippen LogP contribution in [0, 0.1) is 12.8 Å². The molecule has 3 aromatic rings. The van der Waals surface area contributed by atoms with Crippen LogP contribution >= 0.6 is 11.3 Å². The van der Waals surface area contributed by atoms with Gasteiger partial charge < -0.3 is 25.0 Å². The van der Waals surface area contributed by atoms with Crippen LogP contribution in [-0.4, -0.2) is 52.7 Å². The van der Waals surface area contributed by atoms with Gasteiger partial charge in [-0.3, -0.25) is 14.4 Å². The standard InChI is InChI=1S/C25H25N5O5S/c1-15-4-6-16(7-5-15)12-26-21(31)17-3-2-10-30(13-17)25(33)24-29-28-23(36-24)22(32)27-18-8-9-19-20(11-18)35-14-34-19/h4-9,11,17H,2-3,10,12-14H2,1H3,(H,26,31)(H,27,32)/t17-/m1/s1. The van der Waals surface area contributed by atoms with E-state index in [4.69, 9.17) is 9.47 Å². The van der Waals surface area contributed by atoms with Crippen LogP contribution in [0.5, 0.6) is 11.5 Å². The summed E-state index contributed by atoms with van der Waals surface area (Å²) < 4.78 is 10.6. The van der Waals surface area contributed by atoms with Gasteiger partial charge in [-0.15, -0.1) is 10.2 Å². The molecule has 2 aliphatic rings. The van der Waals surface area contributed by atoms with Crippen LogP contribution in [0.1, 0.15) is 43.6 Å². The molecule has 3 amide bonds. The van der Waals surface area contributed by atoms with E-state index in [0.29, 0.717) is 49.7 Å². The zero-order valence-corrected chi connectivity index (χ0v) is 20.5. The van der Waals surface area contributed by atoms with Gasteiger partial charge in [0.15, 0.2) is 11.5 Å². The SMILES string of the molecule is Cc1ccc(CNC(=O)[C@@H]2CCCN(C(=O)c3nnc(C(=O)Nc4ccc5c(c4)OCO5)s3)C2)cc1. The first-order valence-electron chi connectivity index (χ1n) is 11.6. The lowest BCUT2D eigenvalue weighted by Crippen LogP contribution is -2.45. The third kappa shape index (κ3) is 5.30. The molecule has 2 N–H and O–H groups in total. The molecule has 186 valence electrons. The number of amides is 3. The Morgan fingerprint density at radius 3 is 2.67 bits per heavy atom. The van der Waals surface area contributed by atoms with Crippen molar-refractivity contribution in [2.24, 2.45) is 5.92 Å². The van der Waals surface area contributed by atoms with E-state index >= 15 is 0 Å². The fourth-order valence-electron chi connectivity index (χ4n) is 4.11. The van der Waals surface area contributed by atoms with E-state index in [1.807, 2.05) is 31.2 Å². The monoisotopic (exact) mass is 507 g/mol.